The first-order chi connectivity index (χ1) is 4.16. The number of nitrogens with zero attached hydrogens (tertiary/aromatic N) is 2. The maximum absolute atomic E-state index is 4.71. The van der Waals surface area contributed by atoms with E-state index in [1.54, 1.807) is 5.49 Å². The molecule has 0 aliphatic carbocycles. The molecule has 0 aromatic heterocycles. The van der Waals surface area contributed by atoms with E-state index >= 15 is 0 Å². The first-order valence-corrected chi connectivity index (χ1v) is 3.44. The Hall–Kier alpha value is -0.150. The van der Waals surface area contributed by atoms with E-state index in [4.69, 9.17) is 12.2 Å². The topological polar surface area (TPSA) is 6.48 Å². The number of hydrogen-bond acceptors (Lipinski definition) is 2. The lowest BCUT2D eigenvalue weighted by atomic mass is 10.5. The van der Waals surface area contributed by atoms with E-state index in [1.165, 1.54) is 0 Å². The van der Waals surface area contributed by atoms with Crippen molar-refractivity contribution in [1.82, 2.24) is 9.80 Å². The van der Waals surface area contributed by atoms with Crippen LogP contribution in [-0.2, 0) is 0 Å². The largest absolute Gasteiger partial charge is 0.370 e. The van der Waals surface area contributed by atoms with E-state index < -0.39 is 0 Å². The smallest absolute Gasteiger partial charge is 0.0638 e. The molecule has 0 N–H and O–H groups in total. The maximum atomic E-state index is 4.71. The third kappa shape index (κ3) is 5.73. The van der Waals surface area contributed by atoms with Gasteiger partial charge in [-0.2, -0.15) is 0 Å². The predicted molar refractivity (Wildman–Crippen MR) is 44.8 cm³/mol. The van der Waals surface area contributed by atoms with Gasteiger partial charge in [-0.3, -0.25) is 0 Å². The van der Waals surface area contributed by atoms with Crippen LogP contribution in [0.15, 0.2) is 0 Å². The van der Waals surface area contributed by atoms with Crippen molar-refractivity contribution in [2.45, 2.75) is 0 Å². The Kier molecular flexibility index (Phi) is 4.62. The summed E-state index contributed by atoms with van der Waals surface area (Å²) in [6.45, 7) is 2.07. The second kappa shape index (κ2) is 4.70. The molecule has 0 aromatic carbocycles. The van der Waals surface area contributed by atoms with E-state index in [-0.39, 0.29) is 0 Å². The Morgan fingerprint density at radius 1 is 1.22 bits per heavy atom. The summed E-state index contributed by atoms with van der Waals surface area (Å²) in [7, 11) is 6.09. The Morgan fingerprint density at radius 2 is 1.78 bits per heavy atom. The van der Waals surface area contributed by atoms with Crippen molar-refractivity contribution in [2.24, 2.45) is 0 Å². The Balaban J connectivity index is 3.16. The van der Waals surface area contributed by atoms with Gasteiger partial charge >= 0.3 is 0 Å². The molecule has 0 rings (SSSR count). The van der Waals surface area contributed by atoms with Gasteiger partial charge in [0.15, 0.2) is 0 Å². The van der Waals surface area contributed by atoms with Gasteiger partial charge < -0.3 is 9.80 Å². The summed E-state index contributed by atoms with van der Waals surface area (Å²) >= 11 is 4.71. The molecule has 54 valence electrons. The maximum Gasteiger partial charge on any atom is 0.0638 e. The van der Waals surface area contributed by atoms with Crippen LogP contribution < -0.4 is 0 Å². The van der Waals surface area contributed by atoms with Gasteiger partial charge in [0.05, 0.1) is 5.49 Å². The van der Waals surface area contributed by atoms with E-state index in [0.29, 0.717) is 0 Å². The van der Waals surface area contributed by atoms with Gasteiger partial charge in [-0.15, -0.1) is 0 Å². The van der Waals surface area contributed by atoms with Crippen molar-refractivity contribution in [3.63, 3.8) is 0 Å². The van der Waals surface area contributed by atoms with Crippen LogP contribution in [0.2, 0.25) is 0 Å². The van der Waals surface area contributed by atoms with Gasteiger partial charge in [0, 0.05) is 20.1 Å². The van der Waals surface area contributed by atoms with Crippen molar-refractivity contribution in [1.29, 1.82) is 0 Å². The lowest BCUT2D eigenvalue weighted by Gasteiger charge is -2.15. The lowest BCUT2D eigenvalue weighted by molar-refractivity contribution is 0.362. The average molecular weight is 146 g/mol. The molecule has 0 bridgehead atoms. The first-order valence-electron chi connectivity index (χ1n) is 2.97. The zero-order valence-corrected chi connectivity index (χ0v) is 7.11. The lowest BCUT2D eigenvalue weighted by Crippen LogP contribution is -2.26. The van der Waals surface area contributed by atoms with E-state index in [9.17, 15) is 0 Å². The second-order valence-electron chi connectivity index (χ2n) is 2.39. The molecular weight excluding hydrogens is 132 g/mol. The Bertz CT molecular complexity index is 83.1. The van der Waals surface area contributed by atoms with E-state index in [1.807, 2.05) is 11.9 Å². The van der Waals surface area contributed by atoms with Crippen LogP contribution in [0.3, 0.4) is 0 Å². The molecule has 0 spiro atoms. The highest BCUT2D eigenvalue weighted by molar-refractivity contribution is 7.78. The molecular formula is C6H14N2S. The average Bonchev–Trinajstić information content (AvgIpc) is 1.83. The van der Waals surface area contributed by atoms with Gasteiger partial charge in [-0.05, 0) is 14.1 Å². The predicted octanol–water partition coefficient (Wildman–Crippen LogP) is 0.437. The molecule has 3 heteroatoms. The van der Waals surface area contributed by atoms with Crippen LogP contribution in [-0.4, -0.2) is 49.5 Å². The molecule has 0 heterocycles. The minimum atomic E-state index is 1.01. The summed E-state index contributed by atoms with van der Waals surface area (Å²) in [6.07, 6.45) is 0. The Labute approximate surface area is 62.4 Å². The second-order valence-corrected chi connectivity index (χ2v) is 2.60. The third-order valence-electron chi connectivity index (χ3n) is 1.08. The highest BCUT2D eigenvalue weighted by Gasteiger charge is 1.91. The van der Waals surface area contributed by atoms with E-state index in [2.05, 4.69) is 19.0 Å². The van der Waals surface area contributed by atoms with Gasteiger partial charge in [-0.1, -0.05) is 12.2 Å². The summed E-state index contributed by atoms with van der Waals surface area (Å²) in [4.78, 5) is 4.13. The van der Waals surface area contributed by atoms with Crippen LogP contribution in [0, 0.1) is 0 Å². The highest BCUT2D eigenvalue weighted by atomic mass is 32.1. The molecule has 0 atom stereocenters. The summed E-state index contributed by atoms with van der Waals surface area (Å²) < 4.78 is 0. The fourth-order valence-electron chi connectivity index (χ4n) is 0.410. The summed E-state index contributed by atoms with van der Waals surface area (Å²) in [6, 6.07) is 0. The van der Waals surface area contributed by atoms with Gasteiger partial charge in [0.1, 0.15) is 0 Å². The number of hydrogen-bond donors (Lipinski definition) is 0. The molecule has 0 unspecified atom stereocenters. The molecule has 0 aliphatic rings. The standard InChI is InChI=1S/C6H14N2S/c1-7(2)4-5-8(3)6-9/h6H,4-5H2,1-3H3. The van der Waals surface area contributed by atoms with Crippen LogP contribution in [0.25, 0.3) is 0 Å². The zero-order chi connectivity index (χ0) is 7.28. The van der Waals surface area contributed by atoms with Crippen molar-refractivity contribution in [3.8, 4) is 0 Å². The minimum absolute atomic E-state index is 1.01. The van der Waals surface area contributed by atoms with Crippen LogP contribution >= 0.6 is 12.2 Å². The van der Waals surface area contributed by atoms with Crippen molar-refractivity contribution < 1.29 is 0 Å². The summed E-state index contributed by atoms with van der Waals surface area (Å²) in [5.74, 6) is 0. The van der Waals surface area contributed by atoms with Gasteiger partial charge in [-0.25, -0.2) is 0 Å². The molecule has 0 aliphatic heterocycles. The molecule has 0 aromatic rings. The number of rotatable bonds is 4. The van der Waals surface area contributed by atoms with E-state index in [0.717, 1.165) is 13.1 Å². The molecule has 9 heavy (non-hydrogen) atoms. The summed E-state index contributed by atoms with van der Waals surface area (Å²) in [5, 5.41) is 0. The quantitative estimate of drug-likeness (QED) is 0.531. The van der Waals surface area contributed by atoms with Gasteiger partial charge in [0.2, 0.25) is 0 Å². The van der Waals surface area contributed by atoms with Crippen LogP contribution in [0.5, 0.6) is 0 Å². The molecule has 0 amide bonds. The van der Waals surface area contributed by atoms with Gasteiger partial charge in [0.25, 0.3) is 0 Å². The highest BCUT2D eigenvalue weighted by Crippen LogP contribution is 1.78. The SMILES string of the molecule is CN(C)CCN(C)C=S. The fraction of sp³-hybridized carbons (Fsp3) is 0.833. The van der Waals surface area contributed by atoms with Crippen molar-refractivity contribution in [2.75, 3.05) is 34.2 Å². The first kappa shape index (κ1) is 8.85. The molecule has 0 radical (unpaired) electrons. The van der Waals surface area contributed by atoms with Crippen LogP contribution in [0.4, 0.5) is 0 Å². The summed E-state index contributed by atoms with van der Waals surface area (Å²) in [5.41, 5.74) is 1.67. The van der Waals surface area contributed by atoms with Crippen molar-refractivity contribution in [3.05, 3.63) is 0 Å². The zero-order valence-electron chi connectivity index (χ0n) is 6.29. The molecule has 0 saturated heterocycles. The monoisotopic (exact) mass is 146 g/mol. The molecule has 2 nitrogen and oxygen atoms in total. The number of likely N-dealkylation sites (N-methyl/N-ethyl adjacent to an activating group) is 2. The van der Waals surface area contributed by atoms with Crippen LogP contribution in [0.1, 0.15) is 0 Å². The fourth-order valence-corrected chi connectivity index (χ4v) is 0.516. The molecule has 0 fully saturated rings. The number of thiocarbonyl (C=S) groups is 1. The van der Waals surface area contributed by atoms with Crippen molar-refractivity contribution >= 4 is 17.7 Å². The Morgan fingerprint density at radius 3 is 2.11 bits per heavy atom. The minimum Gasteiger partial charge on any atom is -0.370 e. The third-order valence-corrected chi connectivity index (χ3v) is 1.44. The normalized spacial score (nSPS) is 9.78. The molecule has 0 saturated carbocycles.